The Kier molecular flexibility index (Phi) is 6.12. The minimum Gasteiger partial charge on any atom is -0.382 e. The monoisotopic (exact) mass is 221 g/mol. The van der Waals surface area contributed by atoms with E-state index in [1.54, 1.807) is 0 Å². The molecule has 0 aromatic heterocycles. The van der Waals surface area contributed by atoms with Gasteiger partial charge in [-0.2, -0.15) is 0 Å². The Bertz CT molecular complexity index is 299. The zero-order chi connectivity index (χ0) is 11.8. The molecule has 90 valence electrons. The molecule has 1 atom stereocenters. The maximum Gasteiger partial charge on any atom is 0.0466 e. The second kappa shape index (κ2) is 7.42. The lowest BCUT2D eigenvalue weighted by atomic mass is 10.00. The van der Waals surface area contributed by atoms with Crippen LogP contribution in [0.4, 0.5) is 0 Å². The smallest absolute Gasteiger partial charge is 0.0466 e. The molecule has 2 nitrogen and oxygen atoms in total. The first-order valence-electron chi connectivity index (χ1n) is 6.20. The normalized spacial score (nSPS) is 12.7. The van der Waals surface area contributed by atoms with Crippen LogP contribution in [-0.2, 0) is 11.2 Å². The van der Waals surface area contributed by atoms with Gasteiger partial charge in [-0.05, 0) is 37.3 Å². The van der Waals surface area contributed by atoms with Gasteiger partial charge in [-0.3, -0.25) is 0 Å². The van der Waals surface area contributed by atoms with Crippen LogP contribution in [0, 0.1) is 0 Å². The van der Waals surface area contributed by atoms with Crippen molar-refractivity contribution in [2.45, 2.75) is 39.2 Å². The molecule has 0 fully saturated rings. The minimum atomic E-state index is 0.145. The maximum atomic E-state index is 6.15. The summed E-state index contributed by atoms with van der Waals surface area (Å²) in [6, 6.07) is 8.72. The molecule has 0 bridgehead atoms. The maximum absolute atomic E-state index is 6.15. The van der Waals surface area contributed by atoms with Crippen LogP contribution >= 0.6 is 0 Å². The van der Waals surface area contributed by atoms with Crippen molar-refractivity contribution in [3.8, 4) is 0 Å². The summed E-state index contributed by atoms with van der Waals surface area (Å²) in [5, 5.41) is 0. The quantitative estimate of drug-likeness (QED) is 0.718. The molecule has 16 heavy (non-hydrogen) atoms. The van der Waals surface area contributed by atoms with E-state index in [0.29, 0.717) is 0 Å². The van der Waals surface area contributed by atoms with E-state index in [1.807, 2.05) is 6.92 Å². The number of aryl methyl sites for hydroxylation is 1. The van der Waals surface area contributed by atoms with Gasteiger partial charge in [0.1, 0.15) is 0 Å². The fourth-order valence-electron chi connectivity index (χ4n) is 1.76. The van der Waals surface area contributed by atoms with Gasteiger partial charge in [-0.25, -0.2) is 0 Å². The van der Waals surface area contributed by atoms with Crippen LogP contribution in [0.2, 0.25) is 0 Å². The van der Waals surface area contributed by atoms with Gasteiger partial charge in [0.05, 0.1) is 0 Å². The van der Waals surface area contributed by atoms with E-state index >= 15 is 0 Å². The van der Waals surface area contributed by atoms with Crippen molar-refractivity contribution in [2.24, 2.45) is 5.73 Å². The van der Waals surface area contributed by atoms with Crippen LogP contribution in [0.3, 0.4) is 0 Å². The molecular formula is C14H23NO. The summed E-state index contributed by atoms with van der Waals surface area (Å²) >= 11 is 0. The van der Waals surface area contributed by atoms with Crippen LogP contribution in [0.1, 0.15) is 43.9 Å². The average Bonchev–Trinajstić information content (AvgIpc) is 2.34. The Morgan fingerprint density at radius 3 is 2.81 bits per heavy atom. The molecule has 0 aliphatic carbocycles. The summed E-state index contributed by atoms with van der Waals surface area (Å²) < 4.78 is 5.31. The highest BCUT2D eigenvalue weighted by molar-refractivity contribution is 5.25. The first kappa shape index (κ1) is 13.2. The molecular weight excluding hydrogens is 198 g/mol. The summed E-state index contributed by atoms with van der Waals surface area (Å²) in [7, 11) is 0. The van der Waals surface area contributed by atoms with E-state index < -0.39 is 0 Å². The molecule has 0 radical (unpaired) electrons. The van der Waals surface area contributed by atoms with E-state index in [1.165, 1.54) is 11.1 Å². The van der Waals surface area contributed by atoms with Crippen LogP contribution in [0.5, 0.6) is 0 Å². The number of hydrogen-bond donors (Lipinski definition) is 1. The number of hydrogen-bond acceptors (Lipinski definition) is 2. The highest BCUT2D eigenvalue weighted by Crippen LogP contribution is 2.17. The largest absolute Gasteiger partial charge is 0.382 e. The topological polar surface area (TPSA) is 35.2 Å². The molecule has 0 saturated carbocycles. The van der Waals surface area contributed by atoms with Gasteiger partial charge in [0.2, 0.25) is 0 Å². The lowest BCUT2D eigenvalue weighted by Crippen LogP contribution is -2.11. The zero-order valence-electron chi connectivity index (χ0n) is 10.4. The van der Waals surface area contributed by atoms with Crippen molar-refractivity contribution in [2.75, 3.05) is 13.2 Å². The van der Waals surface area contributed by atoms with Crippen molar-refractivity contribution in [3.05, 3.63) is 35.4 Å². The third kappa shape index (κ3) is 4.33. The minimum absolute atomic E-state index is 0.145. The first-order chi connectivity index (χ1) is 7.77. The molecule has 0 saturated heterocycles. The number of rotatable bonds is 7. The molecule has 2 heteroatoms. The van der Waals surface area contributed by atoms with Gasteiger partial charge < -0.3 is 10.5 Å². The SMILES string of the molecule is CCOCCCC(N)c1cccc(CC)c1. The van der Waals surface area contributed by atoms with Gasteiger partial charge in [-0.15, -0.1) is 0 Å². The van der Waals surface area contributed by atoms with E-state index in [2.05, 4.69) is 31.2 Å². The Balaban J connectivity index is 2.42. The fraction of sp³-hybridized carbons (Fsp3) is 0.571. The lowest BCUT2D eigenvalue weighted by molar-refractivity contribution is 0.142. The molecule has 0 spiro atoms. The first-order valence-corrected chi connectivity index (χ1v) is 6.20. The van der Waals surface area contributed by atoms with E-state index in [4.69, 9.17) is 10.5 Å². The molecule has 0 aliphatic rings. The van der Waals surface area contributed by atoms with Crippen molar-refractivity contribution in [3.63, 3.8) is 0 Å². The number of ether oxygens (including phenoxy) is 1. The third-order valence-corrected chi connectivity index (χ3v) is 2.80. The third-order valence-electron chi connectivity index (χ3n) is 2.80. The van der Waals surface area contributed by atoms with E-state index in [9.17, 15) is 0 Å². The van der Waals surface area contributed by atoms with Crippen molar-refractivity contribution in [1.82, 2.24) is 0 Å². The van der Waals surface area contributed by atoms with E-state index in [-0.39, 0.29) is 6.04 Å². The summed E-state index contributed by atoms with van der Waals surface area (Å²) in [5.74, 6) is 0. The number of nitrogens with two attached hydrogens (primary N) is 1. The molecule has 1 aromatic carbocycles. The Labute approximate surface area is 98.8 Å². The number of benzene rings is 1. The second-order valence-corrected chi connectivity index (χ2v) is 4.04. The molecule has 0 aliphatic heterocycles. The Morgan fingerprint density at radius 1 is 1.31 bits per heavy atom. The zero-order valence-corrected chi connectivity index (χ0v) is 10.4. The summed E-state index contributed by atoms with van der Waals surface area (Å²) in [5.41, 5.74) is 8.75. The van der Waals surface area contributed by atoms with Crippen molar-refractivity contribution >= 4 is 0 Å². The molecule has 0 amide bonds. The molecule has 1 rings (SSSR count). The molecule has 2 N–H and O–H groups in total. The van der Waals surface area contributed by atoms with E-state index in [0.717, 1.165) is 32.5 Å². The van der Waals surface area contributed by atoms with Gasteiger partial charge in [0, 0.05) is 19.3 Å². The van der Waals surface area contributed by atoms with Crippen molar-refractivity contribution < 1.29 is 4.74 Å². The summed E-state index contributed by atoms with van der Waals surface area (Å²) in [4.78, 5) is 0. The lowest BCUT2D eigenvalue weighted by Gasteiger charge is -2.12. The Morgan fingerprint density at radius 2 is 2.12 bits per heavy atom. The summed E-state index contributed by atoms with van der Waals surface area (Å²) in [6.07, 6.45) is 3.10. The van der Waals surface area contributed by atoms with Gasteiger partial charge in [0.15, 0.2) is 0 Å². The van der Waals surface area contributed by atoms with Gasteiger partial charge >= 0.3 is 0 Å². The highest BCUT2D eigenvalue weighted by Gasteiger charge is 2.05. The predicted molar refractivity (Wildman–Crippen MR) is 68.5 cm³/mol. The second-order valence-electron chi connectivity index (χ2n) is 4.04. The highest BCUT2D eigenvalue weighted by atomic mass is 16.5. The molecule has 1 unspecified atom stereocenters. The Hall–Kier alpha value is -0.860. The van der Waals surface area contributed by atoms with Crippen LogP contribution in [0.15, 0.2) is 24.3 Å². The van der Waals surface area contributed by atoms with Gasteiger partial charge in [0.25, 0.3) is 0 Å². The van der Waals surface area contributed by atoms with Gasteiger partial charge in [-0.1, -0.05) is 31.2 Å². The predicted octanol–water partition coefficient (Wildman–Crippen LogP) is 3.07. The fourth-order valence-corrected chi connectivity index (χ4v) is 1.76. The standard InChI is InChI=1S/C14H23NO/c1-3-12-7-5-8-13(11-12)14(15)9-6-10-16-4-2/h5,7-8,11,14H,3-4,6,9-10,15H2,1-2H3. The van der Waals surface area contributed by atoms with Crippen LogP contribution in [-0.4, -0.2) is 13.2 Å². The van der Waals surface area contributed by atoms with Crippen molar-refractivity contribution in [1.29, 1.82) is 0 Å². The average molecular weight is 221 g/mol. The van der Waals surface area contributed by atoms with Crippen LogP contribution in [0.25, 0.3) is 0 Å². The molecule has 1 aromatic rings. The van der Waals surface area contributed by atoms with Crippen LogP contribution < -0.4 is 5.73 Å². The summed E-state index contributed by atoms with van der Waals surface area (Å²) in [6.45, 7) is 5.79. The molecule has 0 heterocycles.